The zero-order valence-electron chi connectivity index (χ0n) is 12.1. The van der Waals surface area contributed by atoms with Crippen molar-refractivity contribution in [2.75, 3.05) is 20.2 Å². The fraction of sp³-hybridized carbons (Fsp3) is 0.923. The Labute approximate surface area is 106 Å². The Morgan fingerprint density at radius 3 is 2.29 bits per heavy atom. The van der Waals surface area contributed by atoms with Gasteiger partial charge in [0.1, 0.15) is 6.04 Å². The molecular weight excluding hydrogens is 216 g/mol. The maximum absolute atomic E-state index is 11.8. The van der Waals surface area contributed by atoms with Crippen LogP contribution < -0.4 is 5.32 Å². The maximum atomic E-state index is 11.8. The van der Waals surface area contributed by atoms with Crippen molar-refractivity contribution >= 4 is 5.97 Å². The highest BCUT2D eigenvalue weighted by atomic mass is 16.5. The molecule has 0 aromatic carbocycles. The van der Waals surface area contributed by atoms with E-state index in [4.69, 9.17) is 4.74 Å². The van der Waals surface area contributed by atoms with Crippen molar-refractivity contribution in [2.45, 2.75) is 59.2 Å². The van der Waals surface area contributed by atoms with E-state index in [1.807, 2.05) is 20.8 Å². The van der Waals surface area contributed by atoms with Crippen LogP contribution in [0, 0.1) is 0 Å². The predicted octanol–water partition coefficient (Wildman–Crippen LogP) is 1.65. The van der Waals surface area contributed by atoms with Gasteiger partial charge < -0.3 is 15.0 Å². The summed E-state index contributed by atoms with van der Waals surface area (Å²) in [6, 6.07) is 0.585. The highest BCUT2D eigenvalue weighted by Crippen LogP contribution is 2.02. The summed E-state index contributed by atoms with van der Waals surface area (Å²) >= 11 is 0. The number of rotatable bonds is 8. The van der Waals surface area contributed by atoms with Crippen molar-refractivity contribution in [1.29, 1.82) is 0 Å². The number of nitrogens with one attached hydrogen (secondary N) is 1. The average molecular weight is 244 g/mol. The van der Waals surface area contributed by atoms with Crippen molar-refractivity contribution < 1.29 is 9.53 Å². The minimum Gasteiger partial charge on any atom is -0.465 e. The van der Waals surface area contributed by atoms with E-state index in [0.717, 1.165) is 13.0 Å². The van der Waals surface area contributed by atoms with E-state index < -0.39 is 0 Å². The standard InChI is InChI=1S/C13H28N2O2/c1-7-17-13(16)12(14-10(2)3)8-9-15(6)11(4)5/h10-12,14H,7-9H2,1-6H3. The minimum absolute atomic E-state index is 0.140. The normalized spacial score (nSPS) is 13.5. The van der Waals surface area contributed by atoms with Gasteiger partial charge in [0.15, 0.2) is 0 Å². The highest BCUT2D eigenvalue weighted by molar-refractivity contribution is 5.75. The summed E-state index contributed by atoms with van der Waals surface area (Å²) in [5, 5.41) is 3.26. The largest absolute Gasteiger partial charge is 0.465 e. The predicted molar refractivity (Wildman–Crippen MR) is 71.1 cm³/mol. The van der Waals surface area contributed by atoms with Gasteiger partial charge in [-0.3, -0.25) is 4.79 Å². The molecule has 1 atom stereocenters. The summed E-state index contributed by atoms with van der Waals surface area (Å²) in [7, 11) is 2.07. The van der Waals surface area contributed by atoms with Gasteiger partial charge in [0.25, 0.3) is 0 Å². The fourth-order valence-electron chi connectivity index (χ4n) is 1.51. The van der Waals surface area contributed by atoms with Gasteiger partial charge in [-0.1, -0.05) is 13.8 Å². The highest BCUT2D eigenvalue weighted by Gasteiger charge is 2.20. The molecule has 0 aliphatic heterocycles. The Bertz CT molecular complexity index is 217. The molecule has 0 aromatic rings. The maximum Gasteiger partial charge on any atom is 0.323 e. The van der Waals surface area contributed by atoms with Crippen LogP contribution >= 0.6 is 0 Å². The molecule has 0 aliphatic rings. The van der Waals surface area contributed by atoms with E-state index in [2.05, 4.69) is 31.1 Å². The number of hydrogen-bond acceptors (Lipinski definition) is 4. The van der Waals surface area contributed by atoms with Gasteiger partial charge in [0, 0.05) is 18.6 Å². The quantitative estimate of drug-likeness (QED) is 0.659. The summed E-state index contributed by atoms with van der Waals surface area (Å²) in [6.07, 6.45) is 0.783. The number of nitrogens with zero attached hydrogens (tertiary/aromatic N) is 1. The molecule has 0 heterocycles. The van der Waals surface area contributed by atoms with Gasteiger partial charge in [0.2, 0.25) is 0 Å². The second-order valence-electron chi connectivity index (χ2n) is 4.99. The molecule has 0 saturated carbocycles. The van der Waals surface area contributed by atoms with E-state index in [0.29, 0.717) is 12.6 Å². The van der Waals surface area contributed by atoms with Crippen LogP contribution in [-0.4, -0.2) is 49.2 Å². The molecule has 0 fully saturated rings. The lowest BCUT2D eigenvalue weighted by molar-refractivity contribution is -0.146. The van der Waals surface area contributed by atoms with Gasteiger partial charge in [0.05, 0.1) is 6.61 Å². The average Bonchev–Trinajstić information content (AvgIpc) is 2.23. The molecule has 4 heteroatoms. The lowest BCUT2D eigenvalue weighted by Crippen LogP contribution is -2.44. The number of ether oxygens (including phenoxy) is 1. The lowest BCUT2D eigenvalue weighted by atomic mass is 10.1. The molecule has 102 valence electrons. The van der Waals surface area contributed by atoms with Crippen LogP contribution in [0.1, 0.15) is 41.0 Å². The number of esters is 1. The van der Waals surface area contributed by atoms with Crippen molar-refractivity contribution in [3.63, 3.8) is 0 Å². The molecule has 0 saturated heterocycles. The zero-order valence-corrected chi connectivity index (χ0v) is 12.1. The molecule has 0 amide bonds. The first kappa shape index (κ1) is 16.4. The number of carbonyl (C=O) groups is 1. The number of hydrogen-bond donors (Lipinski definition) is 1. The molecule has 0 rings (SSSR count). The minimum atomic E-state index is -0.198. The fourth-order valence-corrected chi connectivity index (χ4v) is 1.51. The summed E-state index contributed by atoms with van der Waals surface area (Å²) in [4.78, 5) is 14.0. The van der Waals surface area contributed by atoms with Crippen molar-refractivity contribution in [3.8, 4) is 0 Å². The smallest absolute Gasteiger partial charge is 0.323 e. The first-order chi connectivity index (χ1) is 7.88. The summed E-state index contributed by atoms with van der Waals surface area (Å²) in [5.41, 5.74) is 0. The zero-order chi connectivity index (χ0) is 13.4. The van der Waals surface area contributed by atoms with Crippen LogP contribution in [0.15, 0.2) is 0 Å². The first-order valence-electron chi connectivity index (χ1n) is 6.51. The van der Waals surface area contributed by atoms with Gasteiger partial charge in [-0.05, 0) is 34.2 Å². The van der Waals surface area contributed by atoms with Crippen molar-refractivity contribution in [1.82, 2.24) is 10.2 Å². The summed E-state index contributed by atoms with van der Waals surface area (Å²) in [6.45, 7) is 11.5. The second-order valence-corrected chi connectivity index (χ2v) is 4.99. The van der Waals surface area contributed by atoms with Crippen LogP contribution in [0.2, 0.25) is 0 Å². The van der Waals surface area contributed by atoms with E-state index in [9.17, 15) is 4.79 Å². The van der Waals surface area contributed by atoms with Gasteiger partial charge in [-0.2, -0.15) is 0 Å². The van der Waals surface area contributed by atoms with Crippen LogP contribution in [0.3, 0.4) is 0 Å². The monoisotopic (exact) mass is 244 g/mol. The van der Waals surface area contributed by atoms with Crippen LogP contribution in [-0.2, 0) is 9.53 Å². The third-order valence-corrected chi connectivity index (χ3v) is 2.76. The Morgan fingerprint density at radius 1 is 1.29 bits per heavy atom. The molecule has 0 bridgehead atoms. The van der Waals surface area contributed by atoms with E-state index in [1.165, 1.54) is 0 Å². The molecule has 0 aromatic heterocycles. The van der Waals surface area contributed by atoms with Crippen molar-refractivity contribution in [3.05, 3.63) is 0 Å². The Kier molecular flexibility index (Phi) is 8.17. The summed E-state index contributed by atoms with van der Waals surface area (Å²) < 4.78 is 5.08. The molecule has 0 aliphatic carbocycles. The lowest BCUT2D eigenvalue weighted by Gasteiger charge is -2.25. The molecule has 0 radical (unpaired) electrons. The molecule has 0 spiro atoms. The van der Waals surface area contributed by atoms with E-state index >= 15 is 0 Å². The van der Waals surface area contributed by atoms with Gasteiger partial charge in [-0.15, -0.1) is 0 Å². The molecular formula is C13H28N2O2. The topological polar surface area (TPSA) is 41.6 Å². The number of carbonyl (C=O) groups excluding carboxylic acids is 1. The van der Waals surface area contributed by atoms with Gasteiger partial charge >= 0.3 is 5.97 Å². The molecule has 17 heavy (non-hydrogen) atoms. The van der Waals surface area contributed by atoms with Crippen LogP contribution in [0.5, 0.6) is 0 Å². The molecule has 1 unspecified atom stereocenters. The van der Waals surface area contributed by atoms with Crippen molar-refractivity contribution in [2.24, 2.45) is 0 Å². The van der Waals surface area contributed by atoms with E-state index in [1.54, 1.807) is 0 Å². The van der Waals surface area contributed by atoms with Crippen LogP contribution in [0.25, 0.3) is 0 Å². The Hall–Kier alpha value is -0.610. The molecule has 1 N–H and O–H groups in total. The summed E-state index contributed by atoms with van der Waals surface area (Å²) in [5.74, 6) is -0.140. The third-order valence-electron chi connectivity index (χ3n) is 2.76. The first-order valence-corrected chi connectivity index (χ1v) is 6.51. The molecule has 4 nitrogen and oxygen atoms in total. The van der Waals surface area contributed by atoms with Gasteiger partial charge in [-0.25, -0.2) is 0 Å². The third kappa shape index (κ3) is 7.34. The second kappa shape index (κ2) is 8.48. The van der Waals surface area contributed by atoms with E-state index in [-0.39, 0.29) is 18.1 Å². The SMILES string of the molecule is CCOC(=O)C(CCN(C)C(C)C)NC(C)C. The Balaban J connectivity index is 4.23. The van der Waals surface area contributed by atoms with Crippen LogP contribution in [0.4, 0.5) is 0 Å². The Morgan fingerprint density at radius 2 is 1.88 bits per heavy atom.